The minimum Gasteiger partial charge on any atom is -0.506 e. The molecule has 0 spiro atoms. The summed E-state index contributed by atoms with van der Waals surface area (Å²) in [5.41, 5.74) is 1.74. The van der Waals surface area contributed by atoms with Gasteiger partial charge < -0.3 is 30.5 Å². The molecule has 4 amide bonds. The smallest absolute Gasteiger partial charge is 0.252 e. The first-order valence-corrected chi connectivity index (χ1v) is 22.0. The number of aromatic nitrogens is 1. The largest absolute Gasteiger partial charge is 0.506 e. The van der Waals surface area contributed by atoms with Crippen molar-refractivity contribution < 1.29 is 34.1 Å². The monoisotopic (exact) mass is 799 g/mol. The number of ether oxygens (including phenoxy) is 1. The summed E-state index contributed by atoms with van der Waals surface area (Å²) in [5, 5.41) is 23.8. The molecule has 2 aromatic rings. The van der Waals surface area contributed by atoms with Crippen molar-refractivity contribution in [1.29, 1.82) is 0 Å². The maximum atomic E-state index is 12.7. The number of carbonyl (C=O) groups excluding carboxylic acids is 4. The predicted octanol–water partition coefficient (Wildman–Crippen LogP) is 6.98. The molecule has 13 heteroatoms. The van der Waals surface area contributed by atoms with E-state index in [2.05, 4.69) is 20.3 Å². The number of likely N-dealkylation sites (tertiary alicyclic amines) is 1. The normalized spacial score (nSPS) is 18.6. The fraction of sp³-hybridized carbons (Fsp3) is 0.698. The number of hydrogen-bond donors (Lipinski definition) is 5. The SMILES string of the molecule is C1CCCC1.CC[C@H](C)C(NC(=O)C1CCCN1C(=O)CNC=O)C(=O)NSC1CC1.CO.COc1ccc2nc(CCCCCC3CCCC3)c(O)cc2c1. The average Bonchev–Trinajstić information content (AvgIpc) is 3.65. The first kappa shape index (κ1) is 46.8. The van der Waals surface area contributed by atoms with Crippen molar-refractivity contribution in [1.82, 2.24) is 25.2 Å². The highest BCUT2D eigenvalue weighted by molar-refractivity contribution is 7.98. The number of pyridine rings is 1. The Morgan fingerprint density at radius 2 is 1.66 bits per heavy atom. The summed E-state index contributed by atoms with van der Waals surface area (Å²) < 4.78 is 8.07. The van der Waals surface area contributed by atoms with E-state index >= 15 is 0 Å². The van der Waals surface area contributed by atoms with Crippen molar-refractivity contribution >= 4 is 47.0 Å². The van der Waals surface area contributed by atoms with Crippen LogP contribution in [0.2, 0.25) is 0 Å². The van der Waals surface area contributed by atoms with E-state index in [9.17, 15) is 24.3 Å². The van der Waals surface area contributed by atoms with Gasteiger partial charge in [-0.2, -0.15) is 0 Å². The van der Waals surface area contributed by atoms with Crippen molar-refractivity contribution in [3.63, 3.8) is 0 Å². The summed E-state index contributed by atoms with van der Waals surface area (Å²) in [7, 11) is 2.65. The van der Waals surface area contributed by atoms with Crippen LogP contribution in [0.3, 0.4) is 0 Å². The van der Waals surface area contributed by atoms with Gasteiger partial charge >= 0.3 is 0 Å². The molecule has 12 nitrogen and oxygen atoms in total. The molecule has 5 N–H and O–H groups in total. The van der Waals surface area contributed by atoms with Crippen molar-refractivity contribution in [2.75, 3.05) is 27.3 Å². The highest BCUT2D eigenvalue weighted by Crippen LogP contribution is 2.32. The first-order valence-electron chi connectivity index (χ1n) is 21.1. The minimum absolute atomic E-state index is 0.0129. The van der Waals surface area contributed by atoms with Gasteiger partial charge in [0.25, 0.3) is 5.91 Å². The van der Waals surface area contributed by atoms with Gasteiger partial charge in [-0.15, -0.1) is 0 Å². The number of nitrogens with one attached hydrogen (secondary N) is 3. The minimum atomic E-state index is -0.621. The lowest BCUT2D eigenvalue weighted by molar-refractivity contribution is -0.139. The maximum absolute atomic E-state index is 12.7. The molecule has 6 rings (SSSR count). The number of nitrogens with zero attached hydrogens (tertiary/aromatic N) is 2. The summed E-state index contributed by atoms with van der Waals surface area (Å²) >= 11 is 1.42. The van der Waals surface area contributed by atoms with Gasteiger partial charge in [-0.05, 0) is 86.6 Å². The molecule has 314 valence electrons. The van der Waals surface area contributed by atoms with Crippen molar-refractivity contribution in [3.05, 3.63) is 30.0 Å². The predicted molar refractivity (Wildman–Crippen MR) is 224 cm³/mol. The van der Waals surface area contributed by atoms with Gasteiger partial charge in [0.2, 0.25) is 18.2 Å². The van der Waals surface area contributed by atoms with E-state index in [-0.39, 0.29) is 30.2 Å². The van der Waals surface area contributed by atoms with Crippen LogP contribution in [-0.2, 0) is 25.6 Å². The molecule has 1 aliphatic heterocycles. The summed E-state index contributed by atoms with van der Waals surface area (Å²) in [6.45, 7) is 4.26. The van der Waals surface area contributed by atoms with Gasteiger partial charge in [-0.1, -0.05) is 97.3 Å². The molecule has 1 aromatic heterocycles. The number of rotatable bonds is 17. The van der Waals surface area contributed by atoms with Crippen LogP contribution in [0.15, 0.2) is 24.3 Å². The number of amides is 4. The molecule has 0 radical (unpaired) electrons. The van der Waals surface area contributed by atoms with Crippen LogP contribution in [0.25, 0.3) is 10.9 Å². The van der Waals surface area contributed by atoms with E-state index in [0.717, 1.165) is 73.9 Å². The number of aryl methyl sites for hydroxylation is 1. The van der Waals surface area contributed by atoms with Crippen LogP contribution in [0.1, 0.15) is 135 Å². The van der Waals surface area contributed by atoms with Gasteiger partial charge in [0.15, 0.2) is 0 Å². The molecule has 0 bridgehead atoms. The molecule has 1 saturated heterocycles. The van der Waals surface area contributed by atoms with Gasteiger partial charge in [0.05, 0.1) is 24.9 Å². The van der Waals surface area contributed by atoms with E-state index < -0.39 is 12.1 Å². The molecule has 2 heterocycles. The van der Waals surface area contributed by atoms with E-state index in [1.165, 1.54) is 93.9 Å². The standard InChI is InChI=1S/C20H27NO2.C17H28N4O4S.C5H10.CH4O/c1-23-17-11-12-18-16(13-17)14-20(22)19(21-18)10-4-2-3-7-15-8-5-6-9-15;1-3-11(2)15(17(25)20-26-12-6-7-12)19-16(24)13-5-4-8-21(13)14(23)9-18-10-22;1-2-4-5-3-1;1-2/h11-15,22H,2-10H2,1H3;10-13,15H,3-9H2,1-2H3,(H,18,22)(H,19,24)(H,20,25);1-5H2;2H,1H3/t;11-,13?,15?;;/m.0../s1. The molecular weight excluding hydrogens is 731 g/mol. The Balaban J connectivity index is 0.000000257. The number of aromatic hydroxyl groups is 1. The Hall–Kier alpha value is -3.58. The zero-order chi connectivity index (χ0) is 40.7. The van der Waals surface area contributed by atoms with Crippen LogP contribution >= 0.6 is 11.9 Å². The van der Waals surface area contributed by atoms with Crippen LogP contribution in [0.5, 0.6) is 11.5 Å². The lowest BCUT2D eigenvalue weighted by Gasteiger charge is -2.28. The summed E-state index contributed by atoms with van der Waals surface area (Å²) in [6, 6.07) is 6.37. The van der Waals surface area contributed by atoms with Gasteiger partial charge in [0.1, 0.15) is 23.6 Å². The third-order valence-corrected chi connectivity index (χ3v) is 12.3. The van der Waals surface area contributed by atoms with Gasteiger partial charge in [-0.25, -0.2) is 4.98 Å². The molecule has 56 heavy (non-hydrogen) atoms. The third kappa shape index (κ3) is 16.1. The van der Waals surface area contributed by atoms with Crippen molar-refractivity contribution in [2.24, 2.45) is 11.8 Å². The van der Waals surface area contributed by atoms with E-state index in [0.29, 0.717) is 30.4 Å². The third-order valence-electron chi connectivity index (χ3n) is 11.2. The van der Waals surface area contributed by atoms with Crippen molar-refractivity contribution in [2.45, 2.75) is 153 Å². The zero-order valence-electron chi connectivity index (χ0n) is 34.4. The number of benzene rings is 1. The fourth-order valence-electron chi connectivity index (χ4n) is 7.49. The first-order chi connectivity index (χ1) is 27.2. The Morgan fingerprint density at radius 1 is 0.964 bits per heavy atom. The van der Waals surface area contributed by atoms with Crippen LogP contribution in [0, 0.1) is 11.8 Å². The number of aliphatic hydroxyl groups is 1. The number of hydrogen-bond acceptors (Lipinski definition) is 9. The molecular formula is C43H69N5O7S. The molecule has 3 aliphatic carbocycles. The fourth-order valence-corrected chi connectivity index (χ4v) is 8.27. The molecule has 2 unspecified atom stereocenters. The second-order valence-electron chi connectivity index (χ2n) is 15.4. The molecule has 4 fully saturated rings. The number of fused-ring (bicyclic) bond motifs is 1. The lowest BCUT2D eigenvalue weighted by Crippen LogP contribution is -2.55. The highest BCUT2D eigenvalue weighted by atomic mass is 32.2. The Kier molecular flexibility index (Phi) is 22.0. The lowest BCUT2D eigenvalue weighted by atomic mass is 9.98. The van der Waals surface area contributed by atoms with Crippen molar-refractivity contribution in [3.8, 4) is 11.5 Å². The Labute approximate surface area is 339 Å². The van der Waals surface area contributed by atoms with Crippen LogP contribution in [0.4, 0.5) is 0 Å². The van der Waals surface area contributed by atoms with E-state index in [4.69, 9.17) is 9.84 Å². The van der Waals surface area contributed by atoms with E-state index in [1.807, 2.05) is 32.0 Å². The quantitative estimate of drug-likeness (QED) is 0.0644. The summed E-state index contributed by atoms with van der Waals surface area (Å²) in [5.74, 6) is 1.28. The number of aliphatic hydroxyl groups excluding tert-OH is 1. The van der Waals surface area contributed by atoms with Crippen LogP contribution in [-0.4, -0.2) is 88.9 Å². The Morgan fingerprint density at radius 3 is 2.29 bits per heavy atom. The molecule has 3 saturated carbocycles. The zero-order valence-corrected chi connectivity index (χ0v) is 35.2. The second-order valence-corrected chi connectivity index (χ2v) is 16.5. The molecule has 1 aromatic carbocycles. The van der Waals surface area contributed by atoms with Crippen LogP contribution < -0.4 is 20.1 Å². The molecule has 3 atom stereocenters. The average molecular weight is 800 g/mol. The van der Waals surface area contributed by atoms with Gasteiger partial charge in [0, 0.05) is 24.3 Å². The summed E-state index contributed by atoms with van der Waals surface area (Å²) in [4.78, 5) is 53.9. The molecule has 4 aliphatic rings. The van der Waals surface area contributed by atoms with E-state index in [1.54, 1.807) is 13.2 Å². The highest BCUT2D eigenvalue weighted by Gasteiger charge is 2.37. The topological polar surface area (TPSA) is 170 Å². The Bertz CT molecular complexity index is 1470. The number of unbranched alkanes of at least 4 members (excludes halogenated alkanes) is 2. The second kappa shape index (κ2) is 26.4. The maximum Gasteiger partial charge on any atom is 0.252 e. The number of methoxy groups -OCH3 is 1. The van der Waals surface area contributed by atoms with Gasteiger partial charge in [-0.3, -0.25) is 23.9 Å². The number of carbonyl (C=O) groups is 4. The summed E-state index contributed by atoms with van der Waals surface area (Å²) in [6.07, 6.45) is 23.9.